The van der Waals surface area contributed by atoms with E-state index in [-0.39, 0.29) is 0 Å². The van der Waals surface area contributed by atoms with Gasteiger partial charge < -0.3 is 9.80 Å². The Morgan fingerprint density at radius 2 is 1.80 bits per heavy atom. The molecule has 0 aromatic rings. The lowest BCUT2D eigenvalue weighted by Crippen LogP contribution is -2.45. The number of likely N-dealkylation sites (N-methyl/N-ethyl adjacent to an activating group) is 1. The molecule has 0 bridgehead atoms. The zero-order chi connectivity index (χ0) is 7.56. The van der Waals surface area contributed by atoms with Crippen LogP contribution in [-0.4, -0.2) is 46.9 Å². The second-order valence-corrected chi connectivity index (χ2v) is 3.60. The lowest BCUT2D eigenvalue weighted by atomic mass is 10.4. The van der Waals surface area contributed by atoms with Gasteiger partial charge >= 0.3 is 0 Å². The summed E-state index contributed by atoms with van der Waals surface area (Å²) in [5, 5.41) is 7.35. The van der Waals surface area contributed by atoms with Gasteiger partial charge in [0.2, 0.25) is 0 Å². The molecule has 0 radical (unpaired) electrons. The number of piperazine rings is 1. The van der Waals surface area contributed by atoms with E-state index in [1.807, 2.05) is 0 Å². The summed E-state index contributed by atoms with van der Waals surface area (Å²) in [6, 6.07) is 0. The van der Waals surface area contributed by atoms with Gasteiger partial charge in [-0.25, -0.2) is 0 Å². The zero-order valence-electron chi connectivity index (χ0n) is 6.10. The average molecular weight is 253 g/mol. The predicted molar refractivity (Wildman–Crippen MR) is 50.8 cm³/mol. The van der Waals surface area contributed by atoms with Crippen LogP contribution in [0.4, 0.5) is 0 Å². The molecule has 0 amide bonds. The van der Waals surface area contributed by atoms with Crippen molar-refractivity contribution < 1.29 is 0 Å². The summed E-state index contributed by atoms with van der Waals surface area (Å²) < 4.78 is 0.672. The highest BCUT2D eigenvalue weighted by Gasteiger charge is 2.13. The van der Waals surface area contributed by atoms with E-state index < -0.39 is 0 Å². The van der Waals surface area contributed by atoms with E-state index in [1.54, 1.807) is 0 Å². The fraction of sp³-hybridized carbons (Fsp3) is 0.833. The molecule has 58 valence electrons. The monoisotopic (exact) mass is 253 g/mol. The first-order valence-electron chi connectivity index (χ1n) is 3.37. The van der Waals surface area contributed by atoms with Crippen LogP contribution in [0.3, 0.4) is 0 Å². The lowest BCUT2D eigenvalue weighted by Gasteiger charge is -2.32. The Hall–Kier alpha value is 0.160. The van der Waals surface area contributed by atoms with E-state index in [0.717, 1.165) is 26.2 Å². The standard InChI is InChI=1S/C6H12IN3/c1-9-2-4-10(5-3-9)6(7)8/h8H,2-5H2,1H3. The van der Waals surface area contributed by atoms with E-state index in [9.17, 15) is 0 Å². The molecular formula is C6H12IN3. The molecule has 1 rings (SSSR count). The maximum absolute atomic E-state index is 7.35. The van der Waals surface area contributed by atoms with Crippen LogP contribution < -0.4 is 0 Å². The molecule has 0 aliphatic carbocycles. The maximum atomic E-state index is 7.35. The highest BCUT2D eigenvalue weighted by molar-refractivity contribution is 14.1. The molecule has 1 N–H and O–H groups in total. The molecule has 1 fully saturated rings. The summed E-state index contributed by atoms with van der Waals surface area (Å²) in [4.78, 5) is 4.39. The van der Waals surface area contributed by atoms with Gasteiger partial charge in [-0.05, 0) is 29.6 Å². The minimum Gasteiger partial charge on any atom is -0.349 e. The van der Waals surface area contributed by atoms with Gasteiger partial charge in [0, 0.05) is 26.2 Å². The highest BCUT2D eigenvalue weighted by Crippen LogP contribution is 2.02. The predicted octanol–water partition coefficient (Wildman–Crippen LogP) is 0.604. The zero-order valence-corrected chi connectivity index (χ0v) is 8.26. The van der Waals surface area contributed by atoms with Gasteiger partial charge in [0.25, 0.3) is 0 Å². The SMILES string of the molecule is CN1CCN(C(=N)I)CC1. The topological polar surface area (TPSA) is 30.3 Å². The van der Waals surface area contributed by atoms with Gasteiger partial charge in [-0.2, -0.15) is 0 Å². The Bertz CT molecular complexity index is 129. The minimum atomic E-state index is 0.672. The van der Waals surface area contributed by atoms with Gasteiger partial charge in [0.1, 0.15) is 0 Å². The Morgan fingerprint density at radius 1 is 1.30 bits per heavy atom. The fourth-order valence-corrected chi connectivity index (χ4v) is 1.49. The van der Waals surface area contributed by atoms with E-state index in [4.69, 9.17) is 5.41 Å². The summed E-state index contributed by atoms with van der Waals surface area (Å²) in [6.45, 7) is 4.20. The third kappa shape index (κ3) is 2.09. The summed E-state index contributed by atoms with van der Waals surface area (Å²) in [5.41, 5.74) is 0. The normalized spacial score (nSPS) is 21.2. The molecule has 3 nitrogen and oxygen atoms in total. The summed E-state index contributed by atoms with van der Waals surface area (Å²) >= 11 is 2.06. The van der Waals surface area contributed by atoms with Crippen molar-refractivity contribution in [3.05, 3.63) is 0 Å². The quantitative estimate of drug-likeness (QED) is 0.296. The van der Waals surface area contributed by atoms with E-state index in [2.05, 4.69) is 39.4 Å². The number of halogens is 1. The van der Waals surface area contributed by atoms with Crippen molar-refractivity contribution in [2.45, 2.75) is 0 Å². The van der Waals surface area contributed by atoms with Crippen molar-refractivity contribution in [3.63, 3.8) is 0 Å². The van der Waals surface area contributed by atoms with Crippen LogP contribution in [0.15, 0.2) is 0 Å². The molecule has 1 aliphatic rings. The van der Waals surface area contributed by atoms with Crippen molar-refractivity contribution >= 4 is 26.4 Å². The van der Waals surface area contributed by atoms with Gasteiger partial charge in [-0.3, -0.25) is 5.41 Å². The van der Waals surface area contributed by atoms with Crippen molar-refractivity contribution in [2.75, 3.05) is 33.2 Å². The van der Waals surface area contributed by atoms with Crippen LogP contribution in [0, 0.1) is 5.41 Å². The van der Waals surface area contributed by atoms with Gasteiger partial charge in [0.05, 0.1) is 0 Å². The Morgan fingerprint density at radius 3 is 2.20 bits per heavy atom. The third-order valence-corrected chi connectivity index (χ3v) is 2.46. The van der Waals surface area contributed by atoms with Gasteiger partial charge in [-0.1, -0.05) is 0 Å². The molecule has 10 heavy (non-hydrogen) atoms. The number of hydrogen-bond acceptors (Lipinski definition) is 2. The smallest absolute Gasteiger partial charge is 0.159 e. The number of nitrogens with one attached hydrogen (secondary N) is 1. The van der Waals surface area contributed by atoms with E-state index in [1.165, 1.54) is 0 Å². The number of hydrogen-bond donors (Lipinski definition) is 1. The largest absolute Gasteiger partial charge is 0.349 e. The van der Waals surface area contributed by atoms with Crippen LogP contribution in [0.25, 0.3) is 0 Å². The molecule has 1 aliphatic heterocycles. The fourth-order valence-electron chi connectivity index (χ4n) is 1.00. The molecule has 0 saturated carbocycles. The molecule has 1 saturated heterocycles. The Balaban J connectivity index is 2.33. The molecule has 1 heterocycles. The van der Waals surface area contributed by atoms with Crippen LogP contribution in [0.5, 0.6) is 0 Å². The van der Waals surface area contributed by atoms with Crippen molar-refractivity contribution in [2.24, 2.45) is 0 Å². The van der Waals surface area contributed by atoms with E-state index in [0.29, 0.717) is 3.84 Å². The first-order chi connectivity index (χ1) is 4.70. The minimum absolute atomic E-state index is 0.672. The average Bonchev–Trinajstić information content (AvgIpc) is 1.88. The molecule has 4 heteroatoms. The molecule has 0 aromatic heterocycles. The van der Waals surface area contributed by atoms with Crippen molar-refractivity contribution in [3.8, 4) is 0 Å². The summed E-state index contributed by atoms with van der Waals surface area (Å²) in [5.74, 6) is 0. The van der Waals surface area contributed by atoms with Gasteiger partial charge in [-0.15, -0.1) is 0 Å². The number of rotatable bonds is 0. The molecule has 0 atom stereocenters. The first kappa shape index (κ1) is 8.26. The van der Waals surface area contributed by atoms with Crippen molar-refractivity contribution in [1.29, 1.82) is 5.41 Å². The first-order valence-corrected chi connectivity index (χ1v) is 4.45. The molecule has 0 aromatic carbocycles. The number of amidine groups is 1. The molecular weight excluding hydrogens is 241 g/mol. The molecule has 0 unspecified atom stereocenters. The van der Waals surface area contributed by atoms with E-state index >= 15 is 0 Å². The lowest BCUT2D eigenvalue weighted by molar-refractivity contribution is 0.218. The third-order valence-electron chi connectivity index (χ3n) is 1.78. The van der Waals surface area contributed by atoms with Crippen molar-refractivity contribution in [1.82, 2.24) is 9.80 Å². The highest BCUT2D eigenvalue weighted by atomic mass is 127. The summed E-state index contributed by atoms with van der Waals surface area (Å²) in [7, 11) is 2.12. The van der Waals surface area contributed by atoms with Crippen LogP contribution in [-0.2, 0) is 0 Å². The van der Waals surface area contributed by atoms with Crippen LogP contribution in [0.1, 0.15) is 0 Å². The number of nitrogens with zero attached hydrogens (tertiary/aromatic N) is 2. The summed E-state index contributed by atoms with van der Waals surface area (Å²) in [6.07, 6.45) is 0. The van der Waals surface area contributed by atoms with Crippen LogP contribution in [0.2, 0.25) is 0 Å². The Kier molecular flexibility index (Phi) is 2.91. The van der Waals surface area contributed by atoms with Gasteiger partial charge in [0.15, 0.2) is 3.84 Å². The second-order valence-electron chi connectivity index (χ2n) is 2.58. The van der Waals surface area contributed by atoms with Crippen LogP contribution >= 0.6 is 22.6 Å². The Labute approximate surface area is 75.0 Å². The molecule has 0 spiro atoms. The maximum Gasteiger partial charge on any atom is 0.159 e. The second kappa shape index (κ2) is 3.52.